The van der Waals surface area contributed by atoms with Gasteiger partial charge in [-0.25, -0.2) is 0 Å². The molecule has 25 heavy (non-hydrogen) atoms. The third-order valence-corrected chi connectivity index (χ3v) is 5.69. The lowest BCUT2D eigenvalue weighted by Gasteiger charge is -2.39. The number of nitrogens with zero attached hydrogens (tertiary/aromatic N) is 1. The van der Waals surface area contributed by atoms with Gasteiger partial charge in [-0.1, -0.05) is 72.6 Å². The van der Waals surface area contributed by atoms with Crippen LogP contribution >= 0.6 is 0 Å². The molecule has 0 spiro atoms. The van der Waals surface area contributed by atoms with E-state index in [1.54, 1.807) is 0 Å². The van der Waals surface area contributed by atoms with Crippen molar-refractivity contribution in [2.24, 2.45) is 0 Å². The molecule has 0 bridgehead atoms. The zero-order chi connectivity index (χ0) is 17.9. The van der Waals surface area contributed by atoms with E-state index >= 15 is 0 Å². The van der Waals surface area contributed by atoms with Crippen LogP contribution in [0.5, 0.6) is 0 Å². The highest BCUT2D eigenvalue weighted by molar-refractivity contribution is 4.53. The molecule has 1 N–H and O–H groups in total. The molecule has 2 heteroatoms. The second-order valence-corrected chi connectivity index (χ2v) is 8.13. The fourth-order valence-electron chi connectivity index (χ4n) is 3.99. The number of hydrogen-bond acceptors (Lipinski definition) is 1. The zero-order valence-corrected chi connectivity index (χ0v) is 18.3. The highest BCUT2D eigenvalue weighted by Gasteiger charge is 2.25. The summed E-state index contributed by atoms with van der Waals surface area (Å²) in [6.07, 6.45) is 21.4. The Hall–Kier alpha value is -0.0800. The van der Waals surface area contributed by atoms with Gasteiger partial charge in [0, 0.05) is 0 Å². The van der Waals surface area contributed by atoms with Gasteiger partial charge in [-0.15, -0.1) is 0 Å². The molecule has 0 aromatic carbocycles. The van der Waals surface area contributed by atoms with Gasteiger partial charge in [0.2, 0.25) is 0 Å². The monoisotopic (exact) mass is 357 g/mol. The average Bonchev–Trinajstić information content (AvgIpc) is 2.60. The highest BCUT2D eigenvalue weighted by Crippen LogP contribution is 2.19. The van der Waals surface area contributed by atoms with Crippen LogP contribution in [0.1, 0.15) is 124 Å². The summed E-state index contributed by atoms with van der Waals surface area (Å²) in [5, 5.41) is 0. The van der Waals surface area contributed by atoms with Gasteiger partial charge in [0.25, 0.3) is 0 Å². The molecule has 0 heterocycles. The van der Waals surface area contributed by atoms with Crippen molar-refractivity contribution >= 4 is 0 Å². The van der Waals surface area contributed by atoms with Crippen LogP contribution in [0, 0.1) is 0 Å². The van der Waals surface area contributed by atoms with Gasteiger partial charge in [-0.3, -0.25) is 0 Å². The van der Waals surface area contributed by atoms with Crippen LogP contribution in [0.3, 0.4) is 0 Å². The van der Waals surface area contributed by atoms with Gasteiger partial charge in [0.15, 0.2) is 0 Å². The zero-order valence-electron chi connectivity index (χ0n) is 18.3. The highest BCUT2D eigenvalue weighted by atomic mass is 16.0. The topological polar surface area (TPSA) is 30.0 Å². The molecule has 2 nitrogen and oxygen atoms in total. The fraction of sp³-hybridized carbons (Fsp3) is 1.00. The second kappa shape index (κ2) is 20.2. The first kappa shape index (κ1) is 27.1. The van der Waals surface area contributed by atoms with Crippen LogP contribution < -0.4 is 0 Å². The lowest BCUT2D eigenvalue weighted by atomic mass is 10.1. The van der Waals surface area contributed by atoms with Crippen LogP contribution in [0.15, 0.2) is 0 Å². The number of rotatable bonds is 19. The summed E-state index contributed by atoms with van der Waals surface area (Å²) in [6.45, 7) is 15.2. The van der Waals surface area contributed by atoms with E-state index in [1.165, 1.54) is 127 Å². The quantitative estimate of drug-likeness (QED) is 0.173. The molecule has 0 aliphatic carbocycles. The van der Waals surface area contributed by atoms with Crippen LogP contribution in [0.2, 0.25) is 0 Å². The molecular formula is C23H51NO. The van der Waals surface area contributed by atoms with Crippen LogP contribution in [0.25, 0.3) is 0 Å². The third kappa shape index (κ3) is 15.9. The lowest BCUT2D eigenvalue weighted by molar-refractivity contribution is -0.929. The van der Waals surface area contributed by atoms with Crippen LogP contribution in [-0.4, -0.2) is 36.1 Å². The molecule has 154 valence electrons. The summed E-state index contributed by atoms with van der Waals surface area (Å²) in [6, 6.07) is 0. The Morgan fingerprint density at radius 2 is 0.600 bits per heavy atom. The van der Waals surface area contributed by atoms with E-state index in [1.807, 2.05) is 0 Å². The molecule has 0 aliphatic rings. The SMILES string of the molecule is CCCCCC[N+](CCCCC)(CCCCCC)CCCCCC.[OH-]. The Balaban J connectivity index is 0. The van der Waals surface area contributed by atoms with Crippen molar-refractivity contribution in [3.8, 4) is 0 Å². The number of quaternary nitrogens is 1. The summed E-state index contributed by atoms with van der Waals surface area (Å²) < 4.78 is 1.46. The molecule has 0 aliphatic heterocycles. The van der Waals surface area contributed by atoms with Gasteiger partial charge in [-0.2, -0.15) is 0 Å². The fourth-order valence-corrected chi connectivity index (χ4v) is 3.99. The van der Waals surface area contributed by atoms with Gasteiger partial charge in [0.05, 0.1) is 26.2 Å². The molecular weight excluding hydrogens is 306 g/mol. The maximum absolute atomic E-state index is 2.35. The molecule has 0 saturated carbocycles. The van der Waals surface area contributed by atoms with Crippen molar-refractivity contribution in [1.82, 2.24) is 0 Å². The number of unbranched alkanes of at least 4 members (excludes halogenated alkanes) is 11. The largest absolute Gasteiger partial charge is 0.870 e. The third-order valence-electron chi connectivity index (χ3n) is 5.69. The van der Waals surface area contributed by atoms with Crippen molar-refractivity contribution in [3.63, 3.8) is 0 Å². The van der Waals surface area contributed by atoms with Gasteiger partial charge in [0.1, 0.15) is 0 Å². The van der Waals surface area contributed by atoms with E-state index in [-0.39, 0.29) is 5.48 Å². The second-order valence-electron chi connectivity index (χ2n) is 8.13. The van der Waals surface area contributed by atoms with Crippen molar-refractivity contribution in [3.05, 3.63) is 0 Å². The molecule has 0 amide bonds. The molecule has 0 unspecified atom stereocenters. The molecule has 0 saturated heterocycles. The molecule has 0 radical (unpaired) electrons. The summed E-state index contributed by atoms with van der Waals surface area (Å²) in [5.41, 5.74) is 0. The smallest absolute Gasteiger partial charge is 0.0786 e. The summed E-state index contributed by atoms with van der Waals surface area (Å²) in [7, 11) is 0. The van der Waals surface area contributed by atoms with E-state index in [4.69, 9.17) is 0 Å². The minimum absolute atomic E-state index is 0. The normalized spacial score (nSPS) is 11.5. The maximum Gasteiger partial charge on any atom is 0.0786 e. The molecule has 0 aromatic rings. The summed E-state index contributed by atoms with van der Waals surface area (Å²) >= 11 is 0. The summed E-state index contributed by atoms with van der Waals surface area (Å²) in [5.74, 6) is 0. The van der Waals surface area contributed by atoms with E-state index in [0.717, 1.165) is 0 Å². The minimum atomic E-state index is 0. The van der Waals surface area contributed by atoms with E-state index in [0.29, 0.717) is 0 Å². The van der Waals surface area contributed by atoms with Crippen molar-refractivity contribution in [2.45, 2.75) is 124 Å². The van der Waals surface area contributed by atoms with Gasteiger partial charge < -0.3 is 9.96 Å². The van der Waals surface area contributed by atoms with E-state index in [2.05, 4.69) is 27.7 Å². The lowest BCUT2D eigenvalue weighted by Crippen LogP contribution is -2.50. The molecule has 0 aromatic heterocycles. The van der Waals surface area contributed by atoms with Crippen molar-refractivity contribution < 1.29 is 9.96 Å². The number of hydrogen-bond donors (Lipinski definition) is 0. The Morgan fingerprint density at radius 3 is 0.880 bits per heavy atom. The maximum atomic E-state index is 2.35. The average molecular weight is 358 g/mol. The Bertz CT molecular complexity index is 211. The van der Waals surface area contributed by atoms with Crippen molar-refractivity contribution in [1.29, 1.82) is 0 Å². The molecule has 0 atom stereocenters. The Kier molecular flexibility index (Phi) is 22.0. The molecule has 0 rings (SSSR count). The molecule has 0 fully saturated rings. The van der Waals surface area contributed by atoms with E-state index < -0.39 is 0 Å². The Labute approximate surface area is 160 Å². The van der Waals surface area contributed by atoms with E-state index in [9.17, 15) is 0 Å². The van der Waals surface area contributed by atoms with Crippen LogP contribution in [0.4, 0.5) is 0 Å². The Morgan fingerprint density at radius 1 is 0.360 bits per heavy atom. The minimum Gasteiger partial charge on any atom is -0.870 e. The first-order chi connectivity index (χ1) is 11.7. The standard InChI is InChI=1S/C23H50N.H2O/c1-5-9-13-17-21-24(20-16-12-8-4,22-18-14-10-6-2)23-19-15-11-7-3;/h5-23H2,1-4H3;1H2/q+1;/p-1. The van der Waals surface area contributed by atoms with Gasteiger partial charge >= 0.3 is 0 Å². The first-order valence-electron chi connectivity index (χ1n) is 11.6. The summed E-state index contributed by atoms with van der Waals surface area (Å²) in [4.78, 5) is 0. The van der Waals surface area contributed by atoms with Crippen LogP contribution in [-0.2, 0) is 0 Å². The van der Waals surface area contributed by atoms with Gasteiger partial charge in [-0.05, 0) is 51.4 Å². The first-order valence-corrected chi connectivity index (χ1v) is 11.6. The predicted molar refractivity (Wildman–Crippen MR) is 114 cm³/mol. The van der Waals surface area contributed by atoms with Crippen molar-refractivity contribution in [2.75, 3.05) is 26.2 Å². The predicted octanol–water partition coefficient (Wildman–Crippen LogP) is 7.56.